The first-order valence-corrected chi connectivity index (χ1v) is 9.93. The molecule has 0 saturated carbocycles. The first kappa shape index (κ1) is 18.3. The van der Waals surface area contributed by atoms with Crippen molar-refractivity contribution >= 4 is 11.6 Å². The van der Waals surface area contributed by atoms with Crippen LogP contribution in [0.25, 0.3) is 0 Å². The van der Waals surface area contributed by atoms with E-state index in [-0.39, 0.29) is 6.10 Å². The zero-order valence-electron chi connectivity index (χ0n) is 15.5. The fourth-order valence-electron chi connectivity index (χ4n) is 4.35. The van der Waals surface area contributed by atoms with Gasteiger partial charge in [0.25, 0.3) is 0 Å². The normalized spacial score (nSPS) is 25.0. The van der Waals surface area contributed by atoms with Crippen LogP contribution in [-0.4, -0.2) is 37.1 Å². The molecule has 1 N–H and O–H groups in total. The number of fused-ring (bicyclic) bond motifs is 1. The Labute approximate surface area is 165 Å². The van der Waals surface area contributed by atoms with Crippen LogP contribution in [0.1, 0.15) is 35.6 Å². The van der Waals surface area contributed by atoms with Gasteiger partial charge in [-0.1, -0.05) is 35.9 Å². The molecule has 0 unspecified atom stereocenters. The van der Waals surface area contributed by atoms with Crippen LogP contribution in [0.3, 0.4) is 0 Å². The summed E-state index contributed by atoms with van der Waals surface area (Å²) in [7, 11) is 2.04. The van der Waals surface area contributed by atoms with Gasteiger partial charge in [0, 0.05) is 12.6 Å². The quantitative estimate of drug-likeness (QED) is 0.871. The number of hydrogen-bond donors (Lipinski definition) is 1. The Morgan fingerprint density at radius 3 is 2.89 bits per heavy atom. The molecule has 1 aliphatic carbocycles. The van der Waals surface area contributed by atoms with Crippen LogP contribution in [0.5, 0.6) is 5.75 Å². The molecule has 2 aromatic rings. The number of likely N-dealkylation sites (tertiary alicyclic amines) is 1. The molecule has 1 fully saturated rings. The van der Waals surface area contributed by atoms with Crippen molar-refractivity contribution in [1.82, 2.24) is 10.2 Å². The minimum Gasteiger partial charge on any atom is -0.482 e. The SMILES string of the molecule is CN[C@@H]1CCCN([C@@H]2Cc3ccccc3[C@H]2Oc2ccc(C#N)cc2Cl)C1. The standard InChI is InChI=1S/C22H24ClN3O/c1-25-17-6-4-10-26(14-17)20-12-16-5-2-3-7-18(16)22(20)27-21-9-8-15(13-24)11-19(21)23/h2-3,5,7-9,11,17,20,22,25H,4,6,10,12,14H2,1H3/t17-,20-,22-/m1/s1. The van der Waals surface area contributed by atoms with Crippen LogP contribution in [-0.2, 0) is 6.42 Å². The largest absolute Gasteiger partial charge is 0.482 e. The van der Waals surface area contributed by atoms with E-state index in [1.54, 1.807) is 12.1 Å². The third-order valence-electron chi connectivity index (χ3n) is 5.79. The first-order valence-electron chi connectivity index (χ1n) is 9.55. The zero-order chi connectivity index (χ0) is 18.8. The molecular formula is C22H24ClN3O. The molecule has 2 aliphatic rings. The van der Waals surface area contributed by atoms with Crippen molar-refractivity contribution in [2.75, 3.05) is 20.1 Å². The number of benzene rings is 2. The molecule has 0 amide bonds. The van der Waals surface area contributed by atoms with Crippen LogP contribution in [0.15, 0.2) is 42.5 Å². The maximum atomic E-state index is 9.07. The summed E-state index contributed by atoms with van der Waals surface area (Å²) in [6.07, 6.45) is 3.36. The van der Waals surface area contributed by atoms with E-state index in [2.05, 4.69) is 40.6 Å². The van der Waals surface area contributed by atoms with E-state index in [1.807, 2.05) is 13.1 Å². The van der Waals surface area contributed by atoms with Crippen molar-refractivity contribution < 1.29 is 4.74 Å². The van der Waals surface area contributed by atoms with E-state index in [0.717, 1.165) is 19.5 Å². The Morgan fingerprint density at radius 2 is 2.11 bits per heavy atom. The average molecular weight is 382 g/mol. The van der Waals surface area contributed by atoms with Crippen LogP contribution in [0.4, 0.5) is 0 Å². The topological polar surface area (TPSA) is 48.3 Å². The summed E-state index contributed by atoms with van der Waals surface area (Å²) in [5.74, 6) is 0.643. The number of hydrogen-bond acceptors (Lipinski definition) is 4. The Morgan fingerprint density at radius 1 is 1.26 bits per heavy atom. The molecular weight excluding hydrogens is 358 g/mol. The van der Waals surface area contributed by atoms with Crippen LogP contribution < -0.4 is 10.1 Å². The van der Waals surface area contributed by atoms with Gasteiger partial charge in [0.1, 0.15) is 11.9 Å². The summed E-state index contributed by atoms with van der Waals surface area (Å²) in [6, 6.07) is 16.7. The fraction of sp³-hybridized carbons (Fsp3) is 0.409. The Kier molecular flexibility index (Phi) is 5.36. The summed E-state index contributed by atoms with van der Waals surface area (Å²) in [4.78, 5) is 2.56. The molecule has 0 bridgehead atoms. The molecule has 3 atom stereocenters. The highest BCUT2D eigenvalue weighted by Gasteiger charge is 2.39. The van der Waals surface area contributed by atoms with E-state index < -0.39 is 0 Å². The summed E-state index contributed by atoms with van der Waals surface area (Å²) in [6.45, 7) is 2.13. The number of rotatable bonds is 4. The van der Waals surface area contributed by atoms with Gasteiger partial charge in [-0.3, -0.25) is 4.90 Å². The van der Waals surface area contributed by atoms with Gasteiger partial charge < -0.3 is 10.1 Å². The van der Waals surface area contributed by atoms with Crippen molar-refractivity contribution in [3.05, 3.63) is 64.2 Å². The predicted molar refractivity (Wildman–Crippen MR) is 107 cm³/mol. The van der Waals surface area contributed by atoms with Gasteiger partial charge in [0.05, 0.1) is 22.7 Å². The summed E-state index contributed by atoms with van der Waals surface area (Å²) >= 11 is 6.39. The second-order valence-corrected chi connectivity index (χ2v) is 7.80. The molecule has 1 heterocycles. The smallest absolute Gasteiger partial charge is 0.140 e. The third kappa shape index (κ3) is 3.68. The molecule has 140 valence electrons. The Hall–Kier alpha value is -2.06. The van der Waals surface area contributed by atoms with Gasteiger partial charge in [0.2, 0.25) is 0 Å². The molecule has 0 aromatic heterocycles. The number of ether oxygens (including phenoxy) is 1. The molecule has 27 heavy (non-hydrogen) atoms. The van der Waals surface area contributed by atoms with Gasteiger partial charge in [-0.2, -0.15) is 5.26 Å². The Bertz CT molecular complexity index is 863. The number of nitriles is 1. The first-order chi connectivity index (χ1) is 13.2. The molecule has 2 aromatic carbocycles. The number of halogens is 1. The van der Waals surface area contributed by atoms with Crippen LogP contribution in [0, 0.1) is 11.3 Å². The summed E-state index contributed by atoms with van der Waals surface area (Å²) in [5.41, 5.74) is 3.14. The molecule has 0 spiro atoms. The zero-order valence-corrected chi connectivity index (χ0v) is 16.2. The highest BCUT2D eigenvalue weighted by atomic mass is 35.5. The van der Waals surface area contributed by atoms with Gasteiger partial charge in [0.15, 0.2) is 0 Å². The lowest BCUT2D eigenvalue weighted by atomic mass is 10.0. The lowest BCUT2D eigenvalue weighted by Crippen LogP contribution is -2.50. The number of piperidine rings is 1. The van der Waals surface area contributed by atoms with Gasteiger partial charge >= 0.3 is 0 Å². The van der Waals surface area contributed by atoms with E-state index in [0.29, 0.717) is 28.4 Å². The van der Waals surface area contributed by atoms with Crippen molar-refractivity contribution in [1.29, 1.82) is 5.26 Å². The van der Waals surface area contributed by atoms with Crippen molar-refractivity contribution in [3.63, 3.8) is 0 Å². The second kappa shape index (κ2) is 7.90. The predicted octanol–water partition coefficient (Wildman–Crippen LogP) is 3.94. The average Bonchev–Trinajstić information content (AvgIpc) is 3.08. The molecule has 4 rings (SSSR count). The van der Waals surface area contributed by atoms with Crippen molar-refractivity contribution in [3.8, 4) is 11.8 Å². The lowest BCUT2D eigenvalue weighted by Gasteiger charge is -2.39. The number of nitrogens with one attached hydrogen (secondary N) is 1. The van der Waals surface area contributed by atoms with E-state index in [4.69, 9.17) is 21.6 Å². The van der Waals surface area contributed by atoms with Crippen LogP contribution in [0.2, 0.25) is 5.02 Å². The summed E-state index contributed by atoms with van der Waals surface area (Å²) in [5, 5.41) is 13.0. The van der Waals surface area contributed by atoms with Gasteiger partial charge in [-0.15, -0.1) is 0 Å². The Balaban J connectivity index is 1.63. The third-order valence-corrected chi connectivity index (χ3v) is 6.08. The molecule has 5 heteroatoms. The highest BCUT2D eigenvalue weighted by molar-refractivity contribution is 6.32. The van der Waals surface area contributed by atoms with E-state index in [1.165, 1.54) is 24.0 Å². The van der Waals surface area contributed by atoms with Crippen molar-refractivity contribution in [2.24, 2.45) is 0 Å². The number of nitrogens with zero attached hydrogens (tertiary/aromatic N) is 2. The van der Waals surface area contributed by atoms with Gasteiger partial charge in [-0.05, 0) is 62.2 Å². The fourth-order valence-corrected chi connectivity index (χ4v) is 4.57. The molecule has 0 radical (unpaired) electrons. The minimum atomic E-state index is -0.0535. The molecule has 4 nitrogen and oxygen atoms in total. The van der Waals surface area contributed by atoms with Gasteiger partial charge in [-0.25, -0.2) is 0 Å². The molecule has 1 saturated heterocycles. The summed E-state index contributed by atoms with van der Waals surface area (Å²) < 4.78 is 6.46. The van der Waals surface area contributed by atoms with E-state index >= 15 is 0 Å². The maximum absolute atomic E-state index is 9.07. The number of likely N-dealkylation sites (N-methyl/N-ethyl adjacent to an activating group) is 1. The lowest BCUT2D eigenvalue weighted by molar-refractivity contribution is 0.0557. The molecule has 1 aliphatic heterocycles. The minimum absolute atomic E-state index is 0.0535. The second-order valence-electron chi connectivity index (χ2n) is 7.39. The highest BCUT2D eigenvalue weighted by Crippen LogP contribution is 2.40. The van der Waals surface area contributed by atoms with Crippen LogP contribution >= 0.6 is 11.6 Å². The van der Waals surface area contributed by atoms with Crippen molar-refractivity contribution in [2.45, 2.75) is 37.5 Å². The van der Waals surface area contributed by atoms with E-state index in [9.17, 15) is 0 Å². The monoisotopic (exact) mass is 381 g/mol. The maximum Gasteiger partial charge on any atom is 0.140 e.